The number of rotatable bonds is 1. The van der Waals surface area contributed by atoms with E-state index in [4.69, 9.17) is 0 Å². The van der Waals surface area contributed by atoms with Gasteiger partial charge in [0.2, 0.25) is 0 Å². The number of amides is 1. The third-order valence-corrected chi connectivity index (χ3v) is 5.77. The van der Waals surface area contributed by atoms with Crippen molar-refractivity contribution in [3.63, 3.8) is 0 Å². The highest BCUT2D eigenvalue weighted by Crippen LogP contribution is 2.32. The summed E-state index contributed by atoms with van der Waals surface area (Å²) in [5, 5.41) is 10.3. The van der Waals surface area contributed by atoms with Gasteiger partial charge >= 0.3 is 0 Å². The van der Waals surface area contributed by atoms with Crippen molar-refractivity contribution in [1.82, 2.24) is 4.90 Å². The smallest absolute Gasteiger partial charge is 0.254 e. The van der Waals surface area contributed by atoms with Crippen molar-refractivity contribution in [2.24, 2.45) is 0 Å². The van der Waals surface area contributed by atoms with E-state index in [-0.39, 0.29) is 10.7 Å². The van der Waals surface area contributed by atoms with E-state index < -0.39 is 16.4 Å². The van der Waals surface area contributed by atoms with Gasteiger partial charge in [0.15, 0.2) is 0 Å². The Bertz CT molecular complexity index is 348. The van der Waals surface area contributed by atoms with Gasteiger partial charge in [-0.3, -0.25) is 9.00 Å². The molecule has 0 bridgehead atoms. The lowest BCUT2D eigenvalue weighted by molar-refractivity contribution is -0.151. The minimum absolute atomic E-state index is 0.153. The van der Waals surface area contributed by atoms with Gasteiger partial charge in [-0.15, -0.1) is 0 Å². The minimum Gasteiger partial charge on any atom is -0.380 e. The predicted octanol–water partition coefficient (Wildman–Crippen LogP) is 0.661. The van der Waals surface area contributed by atoms with Crippen LogP contribution in [0.5, 0.6) is 0 Å². The second-order valence-electron chi connectivity index (χ2n) is 5.77. The first-order chi connectivity index (χ1) is 7.85. The Morgan fingerprint density at radius 3 is 2.41 bits per heavy atom. The zero-order valence-corrected chi connectivity index (χ0v) is 11.4. The van der Waals surface area contributed by atoms with Crippen LogP contribution in [0.15, 0.2) is 0 Å². The SMILES string of the molecule is CC1(C)CN(C(=O)C2(O)CCCC2)CCS1=O. The van der Waals surface area contributed by atoms with Gasteiger partial charge in [0.1, 0.15) is 5.60 Å². The molecule has 1 saturated heterocycles. The summed E-state index contributed by atoms with van der Waals surface area (Å²) in [6.45, 7) is 4.83. The van der Waals surface area contributed by atoms with E-state index >= 15 is 0 Å². The van der Waals surface area contributed by atoms with Crippen LogP contribution in [0.25, 0.3) is 0 Å². The third-order valence-electron chi connectivity index (χ3n) is 3.85. The molecule has 0 aromatic carbocycles. The van der Waals surface area contributed by atoms with E-state index in [1.54, 1.807) is 4.90 Å². The van der Waals surface area contributed by atoms with Crippen molar-refractivity contribution in [2.75, 3.05) is 18.8 Å². The zero-order chi connectivity index (χ0) is 12.7. The number of nitrogens with zero attached hydrogens (tertiary/aromatic N) is 1. The fourth-order valence-corrected chi connectivity index (χ4v) is 3.96. The Kier molecular flexibility index (Phi) is 3.34. The Labute approximate surface area is 105 Å². The highest BCUT2D eigenvalue weighted by molar-refractivity contribution is 7.86. The quantitative estimate of drug-likeness (QED) is 0.752. The summed E-state index contributed by atoms with van der Waals surface area (Å²) in [5.74, 6) is 0.370. The topological polar surface area (TPSA) is 57.6 Å². The molecule has 4 nitrogen and oxygen atoms in total. The van der Waals surface area contributed by atoms with Crippen molar-refractivity contribution in [3.8, 4) is 0 Å². The van der Waals surface area contributed by atoms with Crippen LogP contribution in [0.3, 0.4) is 0 Å². The van der Waals surface area contributed by atoms with Gasteiger partial charge in [0.25, 0.3) is 5.91 Å². The maximum atomic E-state index is 12.3. The molecule has 1 aliphatic carbocycles. The monoisotopic (exact) mass is 259 g/mol. The molecule has 0 aromatic heterocycles. The van der Waals surface area contributed by atoms with Crippen LogP contribution in [-0.2, 0) is 15.6 Å². The van der Waals surface area contributed by atoms with Crippen LogP contribution in [0.1, 0.15) is 39.5 Å². The molecule has 1 N–H and O–H groups in total. The van der Waals surface area contributed by atoms with E-state index in [0.29, 0.717) is 31.7 Å². The van der Waals surface area contributed by atoms with Crippen molar-refractivity contribution in [3.05, 3.63) is 0 Å². The maximum Gasteiger partial charge on any atom is 0.254 e. The molecule has 1 amide bonds. The van der Waals surface area contributed by atoms with Crippen molar-refractivity contribution < 1.29 is 14.1 Å². The summed E-state index contributed by atoms with van der Waals surface area (Å²) in [5.41, 5.74) is -1.14. The molecule has 98 valence electrons. The molecule has 2 fully saturated rings. The molecule has 2 rings (SSSR count). The van der Waals surface area contributed by atoms with Gasteiger partial charge in [0.05, 0.1) is 4.75 Å². The highest BCUT2D eigenvalue weighted by atomic mass is 32.2. The van der Waals surface area contributed by atoms with Gasteiger partial charge in [-0.25, -0.2) is 0 Å². The van der Waals surface area contributed by atoms with Crippen LogP contribution >= 0.6 is 0 Å². The second kappa shape index (κ2) is 4.35. The molecule has 0 spiro atoms. The summed E-state index contributed by atoms with van der Waals surface area (Å²) < 4.78 is 11.4. The van der Waals surface area contributed by atoms with Gasteiger partial charge in [-0.1, -0.05) is 0 Å². The lowest BCUT2D eigenvalue weighted by atomic mass is 9.99. The maximum absolute atomic E-state index is 12.3. The molecule has 1 unspecified atom stereocenters. The lowest BCUT2D eigenvalue weighted by Crippen LogP contribution is -2.57. The number of carbonyl (C=O) groups is 1. The third kappa shape index (κ3) is 2.40. The zero-order valence-electron chi connectivity index (χ0n) is 10.6. The Balaban J connectivity index is 2.08. The summed E-state index contributed by atoms with van der Waals surface area (Å²) in [4.78, 5) is 14.0. The number of hydrogen-bond donors (Lipinski definition) is 1. The van der Waals surface area contributed by atoms with E-state index in [1.807, 2.05) is 13.8 Å². The molecule has 1 atom stereocenters. The summed E-state index contributed by atoms with van der Waals surface area (Å²) in [6.07, 6.45) is 2.99. The van der Waals surface area contributed by atoms with Gasteiger partial charge < -0.3 is 10.0 Å². The fraction of sp³-hybridized carbons (Fsp3) is 0.917. The minimum atomic E-state index is -1.14. The molecule has 1 heterocycles. The molecule has 0 radical (unpaired) electrons. The van der Waals surface area contributed by atoms with Crippen LogP contribution in [-0.4, -0.2) is 49.3 Å². The van der Waals surface area contributed by atoms with E-state index in [0.717, 1.165) is 12.8 Å². The first kappa shape index (κ1) is 13.0. The first-order valence-electron chi connectivity index (χ1n) is 6.25. The molecule has 5 heteroatoms. The standard InChI is InChI=1S/C12H21NO3S/c1-11(2)9-13(7-8-17(11)16)10(14)12(15)5-3-4-6-12/h15H,3-9H2,1-2H3. The second-order valence-corrected chi connectivity index (χ2v) is 7.98. The van der Waals surface area contributed by atoms with Gasteiger partial charge in [0, 0.05) is 29.6 Å². The summed E-state index contributed by atoms with van der Waals surface area (Å²) in [6, 6.07) is 0. The first-order valence-corrected chi connectivity index (χ1v) is 7.57. The Morgan fingerprint density at radius 1 is 1.29 bits per heavy atom. The lowest BCUT2D eigenvalue weighted by Gasteiger charge is -2.40. The van der Waals surface area contributed by atoms with Crippen molar-refractivity contribution in [1.29, 1.82) is 0 Å². The van der Waals surface area contributed by atoms with Crippen LogP contribution in [0.4, 0.5) is 0 Å². The van der Waals surface area contributed by atoms with Crippen LogP contribution < -0.4 is 0 Å². The largest absolute Gasteiger partial charge is 0.380 e. The predicted molar refractivity (Wildman–Crippen MR) is 67.1 cm³/mol. The average molecular weight is 259 g/mol. The normalized spacial score (nSPS) is 31.5. The molecule has 1 aliphatic heterocycles. The van der Waals surface area contributed by atoms with E-state index in [9.17, 15) is 14.1 Å². The van der Waals surface area contributed by atoms with E-state index in [2.05, 4.69) is 0 Å². The molecule has 17 heavy (non-hydrogen) atoms. The van der Waals surface area contributed by atoms with Gasteiger partial charge in [-0.2, -0.15) is 0 Å². The van der Waals surface area contributed by atoms with E-state index in [1.165, 1.54) is 0 Å². The number of carbonyl (C=O) groups excluding carboxylic acids is 1. The van der Waals surface area contributed by atoms with Gasteiger partial charge in [-0.05, 0) is 39.5 Å². The number of aliphatic hydroxyl groups is 1. The summed E-state index contributed by atoms with van der Waals surface area (Å²) in [7, 11) is -0.878. The molecular formula is C12H21NO3S. The van der Waals surface area contributed by atoms with Crippen LogP contribution in [0, 0.1) is 0 Å². The van der Waals surface area contributed by atoms with Crippen LogP contribution in [0.2, 0.25) is 0 Å². The Morgan fingerprint density at radius 2 is 1.88 bits per heavy atom. The average Bonchev–Trinajstić information content (AvgIpc) is 2.69. The molecule has 2 aliphatic rings. The van der Waals surface area contributed by atoms with Crippen molar-refractivity contribution >= 4 is 16.7 Å². The molecular weight excluding hydrogens is 238 g/mol. The fourth-order valence-electron chi connectivity index (χ4n) is 2.72. The molecule has 0 aromatic rings. The molecule has 1 saturated carbocycles. The summed E-state index contributed by atoms with van der Waals surface area (Å²) >= 11 is 0. The van der Waals surface area contributed by atoms with Crippen molar-refractivity contribution in [2.45, 2.75) is 49.9 Å². The Hall–Kier alpha value is -0.420. The number of hydrogen-bond acceptors (Lipinski definition) is 3. The highest BCUT2D eigenvalue weighted by Gasteiger charge is 2.45.